The summed E-state index contributed by atoms with van der Waals surface area (Å²) in [5.74, 6) is 14.5. The summed E-state index contributed by atoms with van der Waals surface area (Å²) in [5, 5.41) is 4.93. The fourth-order valence-corrected chi connectivity index (χ4v) is 8.21. The van der Waals surface area contributed by atoms with Crippen LogP contribution in [0.3, 0.4) is 0 Å². The standard InChI is InChI=1S/C42H34S2/c1-41(2,3)29-21-15-27(16-22-29)19-25-33-37-31-11-7-9-13-35(31)44-40(37)34(38-32-12-8-10-14-36(32)43-39(33)38)26-20-28-17-23-30(24-18-28)42(4,5)6/h7-18,21-24H,1-6H3. The van der Waals surface area contributed by atoms with E-state index in [0.29, 0.717) is 0 Å². The lowest BCUT2D eigenvalue weighted by Gasteiger charge is -2.18. The lowest BCUT2D eigenvalue weighted by molar-refractivity contribution is 0.590. The quantitative estimate of drug-likeness (QED) is 0.152. The fraction of sp³-hybridized carbons (Fsp3) is 0.190. The Morgan fingerprint density at radius 3 is 1.16 bits per heavy atom. The number of rotatable bonds is 0. The molecule has 0 N–H and O–H groups in total. The van der Waals surface area contributed by atoms with Gasteiger partial charge in [-0.25, -0.2) is 0 Å². The molecule has 0 unspecified atom stereocenters. The van der Waals surface area contributed by atoms with E-state index < -0.39 is 0 Å². The molecule has 214 valence electrons. The van der Waals surface area contributed by atoms with Gasteiger partial charge in [0, 0.05) is 42.1 Å². The molecule has 2 aromatic heterocycles. The molecular formula is C42H34S2. The number of thiophene rings is 2. The second-order valence-electron chi connectivity index (χ2n) is 13.5. The smallest absolute Gasteiger partial charge is 0.0532 e. The van der Waals surface area contributed by atoms with Gasteiger partial charge in [0.25, 0.3) is 0 Å². The summed E-state index contributed by atoms with van der Waals surface area (Å²) in [6.45, 7) is 13.5. The average molecular weight is 603 g/mol. The molecule has 0 aliphatic heterocycles. The average Bonchev–Trinajstić information content (AvgIpc) is 3.58. The van der Waals surface area contributed by atoms with Crippen LogP contribution in [0.5, 0.6) is 0 Å². The van der Waals surface area contributed by atoms with E-state index in [2.05, 4.69) is 162 Å². The first-order valence-corrected chi connectivity index (χ1v) is 16.7. The van der Waals surface area contributed by atoms with Crippen molar-refractivity contribution < 1.29 is 0 Å². The van der Waals surface area contributed by atoms with Gasteiger partial charge in [-0.2, -0.15) is 0 Å². The van der Waals surface area contributed by atoms with Gasteiger partial charge >= 0.3 is 0 Å². The Labute approximate surface area is 268 Å². The van der Waals surface area contributed by atoms with Crippen LogP contribution in [0.25, 0.3) is 40.3 Å². The molecule has 7 rings (SSSR count). The van der Waals surface area contributed by atoms with Crippen molar-refractivity contribution >= 4 is 63.0 Å². The first-order chi connectivity index (χ1) is 21.1. The molecule has 5 aromatic carbocycles. The molecule has 0 bridgehead atoms. The van der Waals surface area contributed by atoms with Crippen molar-refractivity contribution in [3.05, 3.63) is 130 Å². The third-order valence-corrected chi connectivity index (χ3v) is 10.7. The lowest BCUT2D eigenvalue weighted by Crippen LogP contribution is -2.10. The molecule has 0 saturated carbocycles. The molecule has 0 aliphatic rings. The van der Waals surface area contributed by atoms with Crippen LogP contribution in [-0.4, -0.2) is 0 Å². The third kappa shape index (κ3) is 5.10. The molecule has 0 fully saturated rings. The molecule has 0 radical (unpaired) electrons. The number of hydrogen-bond donors (Lipinski definition) is 0. The molecule has 0 spiro atoms. The topological polar surface area (TPSA) is 0 Å². The predicted octanol–water partition coefficient (Wildman–Crippen LogP) is 11.8. The van der Waals surface area contributed by atoms with E-state index in [1.54, 1.807) is 0 Å². The zero-order valence-electron chi connectivity index (χ0n) is 26.1. The maximum atomic E-state index is 3.68. The Hall–Kier alpha value is -4.34. The summed E-state index contributed by atoms with van der Waals surface area (Å²) in [5.41, 5.74) is 7.13. The van der Waals surface area contributed by atoms with Crippen molar-refractivity contribution in [2.24, 2.45) is 0 Å². The van der Waals surface area contributed by atoms with E-state index in [1.807, 2.05) is 22.7 Å². The molecular weight excluding hydrogens is 569 g/mol. The minimum absolute atomic E-state index is 0.114. The van der Waals surface area contributed by atoms with Crippen LogP contribution in [0.1, 0.15) is 74.9 Å². The Morgan fingerprint density at radius 2 is 0.795 bits per heavy atom. The van der Waals surface area contributed by atoms with Crippen LogP contribution in [-0.2, 0) is 10.8 Å². The molecule has 0 amide bonds. The van der Waals surface area contributed by atoms with Gasteiger partial charge in [-0.3, -0.25) is 0 Å². The van der Waals surface area contributed by atoms with Crippen LogP contribution in [0.2, 0.25) is 0 Å². The van der Waals surface area contributed by atoms with Gasteiger partial charge in [0.1, 0.15) is 0 Å². The van der Waals surface area contributed by atoms with Gasteiger partial charge in [0.15, 0.2) is 0 Å². The molecule has 0 nitrogen and oxygen atoms in total. The number of benzene rings is 5. The van der Waals surface area contributed by atoms with E-state index in [9.17, 15) is 0 Å². The molecule has 2 heterocycles. The minimum atomic E-state index is 0.114. The summed E-state index contributed by atoms with van der Waals surface area (Å²) in [4.78, 5) is 0. The van der Waals surface area contributed by atoms with Gasteiger partial charge in [0.2, 0.25) is 0 Å². The van der Waals surface area contributed by atoms with Crippen molar-refractivity contribution in [2.75, 3.05) is 0 Å². The summed E-state index contributed by atoms with van der Waals surface area (Å²) in [6.07, 6.45) is 0. The van der Waals surface area contributed by atoms with E-state index in [-0.39, 0.29) is 10.8 Å². The molecule has 0 atom stereocenters. The minimum Gasteiger partial charge on any atom is -0.134 e. The van der Waals surface area contributed by atoms with Crippen LogP contribution < -0.4 is 0 Å². The fourth-order valence-electron chi connectivity index (χ4n) is 5.78. The van der Waals surface area contributed by atoms with Gasteiger partial charge in [-0.15, -0.1) is 22.7 Å². The second kappa shape index (κ2) is 10.7. The molecule has 0 saturated heterocycles. The van der Waals surface area contributed by atoms with Crippen molar-refractivity contribution in [2.45, 2.75) is 52.4 Å². The first-order valence-electron chi connectivity index (χ1n) is 15.1. The summed E-state index contributed by atoms with van der Waals surface area (Å²) in [7, 11) is 0. The number of hydrogen-bond acceptors (Lipinski definition) is 2. The van der Waals surface area contributed by atoms with Gasteiger partial charge in [0.05, 0.1) is 20.5 Å². The van der Waals surface area contributed by atoms with Gasteiger partial charge < -0.3 is 0 Å². The van der Waals surface area contributed by atoms with Crippen LogP contribution >= 0.6 is 22.7 Å². The summed E-state index contributed by atoms with van der Waals surface area (Å²) < 4.78 is 4.96. The summed E-state index contributed by atoms with van der Waals surface area (Å²) in [6, 6.07) is 34.9. The Bertz CT molecular complexity index is 2150. The lowest BCUT2D eigenvalue weighted by atomic mass is 9.87. The Morgan fingerprint density at radius 1 is 0.432 bits per heavy atom. The van der Waals surface area contributed by atoms with Crippen molar-refractivity contribution in [1.29, 1.82) is 0 Å². The monoisotopic (exact) mass is 602 g/mol. The largest absolute Gasteiger partial charge is 0.134 e. The SMILES string of the molecule is CC(C)(C)c1ccc(C#Cc2c3sc4ccccc4c3c(C#Cc3ccc(C(C)(C)C)cc3)c3sc4ccccc4c23)cc1. The van der Waals surface area contributed by atoms with Crippen molar-refractivity contribution in [3.63, 3.8) is 0 Å². The second-order valence-corrected chi connectivity index (χ2v) is 15.6. The highest BCUT2D eigenvalue weighted by atomic mass is 32.1. The van der Waals surface area contributed by atoms with E-state index >= 15 is 0 Å². The van der Waals surface area contributed by atoms with Crippen molar-refractivity contribution in [3.8, 4) is 23.7 Å². The van der Waals surface area contributed by atoms with Crippen LogP contribution in [0.4, 0.5) is 0 Å². The van der Waals surface area contributed by atoms with Gasteiger partial charge in [-0.05, 0) is 58.4 Å². The van der Waals surface area contributed by atoms with Crippen LogP contribution in [0, 0.1) is 23.7 Å². The predicted molar refractivity (Wildman–Crippen MR) is 194 cm³/mol. The van der Waals surface area contributed by atoms with E-state index in [0.717, 1.165) is 22.3 Å². The van der Waals surface area contributed by atoms with E-state index in [1.165, 1.54) is 51.5 Å². The van der Waals surface area contributed by atoms with E-state index in [4.69, 9.17) is 0 Å². The first kappa shape index (κ1) is 28.4. The Kier molecular flexibility index (Phi) is 6.90. The molecule has 7 aromatic rings. The maximum Gasteiger partial charge on any atom is 0.0532 e. The maximum absolute atomic E-state index is 3.68. The Balaban J connectivity index is 1.50. The molecule has 0 aliphatic carbocycles. The molecule has 44 heavy (non-hydrogen) atoms. The normalized spacial score (nSPS) is 12.0. The van der Waals surface area contributed by atoms with Crippen molar-refractivity contribution in [1.82, 2.24) is 0 Å². The summed E-state index contributed by atoms with van der Waals surface area (Å²) >= 11 is 3.66. The number of fused-ring (bicyclic) bond motifs is 6. The zero-order valence-corrected chi connectivity index (χ0v) is 27.7. The zero-order chi connectivity index (χ0) is 30.6. The third-order valence-electron chi connectivity index (χ3n) is 8.31. The van der Waals surface area contributed by atoms with Crippen LogP contribution in [0.15, 0.2) is 97.1 Å². The highest BCUT2D eigenvalue weighted by Gasteiger charge is 2.21. The highest BCUT2D eigenvalue weighted by molar-refractivity contribution is 7.28. The highest BCUT2D eigenvalue weighted by Crippen LogP contribution is 2.47. The van der Waals surface area contributed by atoms with Gasteiger partial charge in [-0.1, -0.05) is 126 Å². The molecule has 2 heteroatoms.